The quantitative estimate of drug-likeness (QED) is 0.826. The van der Waals surface area contributed by atoms with Crippen molar-refractivity contribution >= 4 is 5.97 Å². The minimum Gasteiger partial charge on any atom is -0.481 e. The van der Waals surface area contributed by atoms with E-state index in [1.54, 1.807) is 23.0 Å². The zero-order valence-corrected chi connectivity index (χ0v) is 14.8. The molecule has 0 saturated carbocycles. The Morgan fingerprint density at radius 2 is 2.27 bits per heavy atom. The van der Waals surface area contributed by atoms with Crippen LogP contribution in [0.1, 0.15) is 31.7 Å². The number of likely N-dealkylation sites (tertiary alicyclic amines) is 1. The second kappa shape index (κ2) is 7.55. The van der Waals surface area contributed by atoms with Gasteiger partial charge in [0.05, 0.1) is 18.0 Å². The maximum Gasteiger partial charge on any atom is 0.313 e. The number of aliphatic hydroxyl groups is 1. The number of hydrogen-bond acceptors (Lipinski definition) is 4. The Morgan fingerprint density at radius 3 is 2.96 bits per heavy atom. The molecule has 6 nitrogen and oxygen atoms in total. The first-order valence-electron chi connectivity index (χ1n) is 8.88. The van der Waals surface area contributed by atoms with E-state index in [1.807, 2.05) is 18.0 Å². The number of aliphatic carboxylic acids is 1. The molecular weight excluding hydrogens is 337 g/mol. The van der Waals surface area contributed by atoms with Crippen LogP contribution in [0.25, 0.3) is 5.69 Å². The molecule has 0 bridgehead atoms. The summed E-state index contributed by atoms with van der Waals surface area (Å²) in [6, 6.07) is 6.19. The van der Waals surface area contributed by atoms with Crippen LogP contribution in [0.2, 0.25) is 0 Å². The summed E-state index contributed by atoms with van der Waals surface area (Å²) in [4.78, 5) is 13.9. The summed E-state index contributed by atoms with van der Waals surface area (Å²) in [6.07, 6.45) is 4.29. The summed E-state index contributed by atoms with van der Waals surface area (Å²) in [5.41, 5.74) is 0.434. The van der Waals surface area contributed by atoms with Crippen molar-refractivity contribution in [2.45, 2.75) is 38.8 Å². The highest BCUT2D eigenvalue weighted by Gasteiger charge is 2.48. The SMILES string of the molecule is CCC[C@@]1(C(=O)O)CN(Cc2cnn(-c3cccc(F)c3)c2)CC[C@H]1O. The van der Waals surface area contributed by atoms with E-state index in [0.29, 0.717) is 44.6 Å². The minimum atomic E-state index is -1.12. The largest absolute Gasteiger partial charge is 0.481 e. The van der Waals surface area contributed by atoms with Gasteiger partial charge in [0, 0.05) is 31.4 Å². The predicted molar refractivity (Wildman–Crippen MR) is 94.4 cm³/mol. The molecule has 0 aliphatic carbocycles. The van der Waals surface area contributed by atoms with Crippen molar-refractivity contribution in [1.29, 1.82) is 0 Å². The molecular formula is C19H24FN3O3. The predicted octanol–water partition coefficient (Wildman–Crippen LogP) is 2.45. The van der Waals surface area contributed by atoms with Crippen molar-refractivity contribution in [3.05, 3.63) is 48.0 Å². The first-order valence-corrected chi connectivity index (χ1v) is 8.88. The van der Waals surface area contributed by atoms with Crippen LogP contribution >= 0.6 is 0 Å². The van der Waals surface area contributed by atoms with Gasteiger partial charge in [-0.1, -0.05) is 19.4 Å². The zero-order valence-electron chi connectivity index (χ0n) is 14.8. The molecule has 2 heterocycles. The second-order valence-corrected chi connectivity index (χ2v) is 7.00. The smallest absolute Gasteiger partial charge is 0.313 e. The first-order chi connectivity index (χ1) is 12.4. The average molecular weight is 361 g/mol. The third kappa shape index (κ3) is 3.64. The number of aliphatic hydroxyl groups excluding tert-OH is 1. The van der Waals surface area contributed by atoms with Crippen LogP contribution in [0.5, 0.6) is 0 Å². The molecule has 2 aromatic rings. The molecule has 140 valence electrons. The molecule has 0 radical (unpaired) electrons. The lowest BCUT2D eigenvalue weighted by Gasteiger charge is -2.43. The number of carboxylic acid groups (broad SMARTS) is 1. The van der Waals surface area contributed by atoms with Crippen LogP contribution in [-0.4, -0.2) is 50.1 Å². The molecule has 1 aromatic carbocycles. The molecule has 1 aromatic heterocycles. The molecule has 1 saturated heterocycles. The lowest BCUT2D eigenvalue weighted by atomic mass is 9.74. The van der Waals surface area contributed by atoms with Gasteiger partial charge in [-0.2, -0.15) is 5.10 Å². The number of rotatable bonds is 6. The fourth-order valence-electron chi connectivity index (χ4n) is 3.77. The van der Waals surface area contributed by atoms with Crippen LogP contribution in [0.3, 0.4) is 0 Å². The van der Waals surface area contributed by atoms with Crippen LogP contribution in [0.4, 0.5) is 4.39 Å². The summed E-state index contributed by atoms with van der Waals surface area (Å²) in [7, 11) is 0. The van der Waals surface area contributed by atoms with E-state index in [-0.39, 0.29) is 5.82 Å². The molecule has 0 unspecified atom stereocenters. The zero-order chi connectivity index (χ0) is 18.7. The van der Waals surface area contributed by atoms with Gasteiger partial charge in [-0.05, 0) is 31.0 Å². The first kappa shape index (κ1) is 18.5. The van der Waals surface area contributed by atoms with Crippen molar-refractivity contribution in [3.63, 3.8) is 0 Å². The minimum absolute atomic E-state index is 0.308. The molecule has 2 N–H and O–H groups in total. The Morgan fingerprint density at radius 1 is 1.46 bits per heavy atom. The Hall–Kier alpha value is -2.25. The van der Waals surface area contributed by atoms with E-state index >= 15 is 0 Å². The van der Waals surface area contributed by atoms with Gasteiger partial charge in [0.2, 0.25) is 0 Å². The van der Waals surface area contributed by atoms with Crippen molar-refractivity contribution < 1.29 is 19.4 Å². The van der Waals surface area contributed by atoms with E-state index in [2.05, 4.69) is 5.10 Å². The normalized spacial score (nSPS) is 23.9. The molecule has 1 aliphatic heterocycles. The van der Waals surface area contributed by atoms with E-state index in [9.17, 15) is 19.4 Å². The molecule has 3 rings (SSSR count). The number of benzene rings is 1. The van der Waals surface area contributed by atoms with E-state index < -0.39 is 17.5 Å². The molecule has 2 atom stereocenters. The summed E-state index contributed by atoms with van der Waals surface area (Å²) in [5, 5.41) is 24.3. The van der Waals surface area contributed by atoms with Gasteiger partial charge in [0.15, 0.2) is 0 Å². The number of hydrogen-bond donors (Lipinski definition) is 2. The second-order valence-electron chi connectivity index (χ2n) is 7.00. The number of carbonyl (C=O) groups is 1. The monoisotopic (exact) mass is 361 g/mol. The van der Waals surface area contributed by atoms with Crippen molar-refractivity contribution in [1.82, 2.24) is 14.7 Å². The third-order valence-electron chi connectivity index (χ3n) is 5.10. The van der Waals surface area contributed by atoms with Gasteiger partial charge in [0.25, 0.3) is 0 Å². The standard InChI is InChI=1S/C19H24FN3O3/c1-2-7-19(18(25)26)13-22(8-6-17(19)24)11-14-10-21-23(12-14)16-5-3-4-15(20)9-16/h3-5,9-10,12,17,24H,2,6-8,11,13H2,1H3,(H,25,26)/t17-,19-/m1/s1. The number of aromatic nitrogens is 2. The highest BCUT2D eigenvalue weighted by molar-refractivity contribution is 5.76. The molecule has 0 amide bonds. The van der Waals surface area contributed by atoms with Crippen molar-refractivity contribution in [3.8, 4) is 5.69 Å². The number of piperidine rings is 1. The molecule has 1 fully saturated rings. The van der Waals surface area contributed by atoms with Gasteiger partial charge < -0.3 is 10.2 Å². The lowest BCUT2D eigenvalue weighted by Crippen LogP contribution is -2.55. The topological polar surface area (TPSA) is 78.6 Å². The van der Waals surface area contributed by atoms with E-state index in [1.165, 1.54) is 12.1 Å². The van der Waals surface area contributed by atoms with Gasteiger partial charge >= 0.3 is 5.97 Å². The van der Waals surface area contributed by atoms with Crippen LogP contribution in [0.15, 0.2) is 36.7 Å². The molecule has 0 spiro atoms. The fraction of sp³-hybridized carbons (Fsp3) is 0.474. The van der Waals surface area contributed by atoms with Gasteiger partial charge in [0.1, 0.15) is 11.2 Å². The Bertz CT molecular complexity index is 779. The van der Waals surface area contributed by atoms with E-state index in [0.717, 1.165) is 5.56 Å². The van der Waals surface area contributed by atoms with Gasteiger partial charge in [-0.3, -0.25) is 9.69 Å². The maximum atomic E-state index is 13.4. The molecule has 7 heteroatoms. The van der Waals surface area contributed by atoms with Gasteiger partial charge in [-0.25, -0.2) is 9.07 Å². The Balaban J connectivity index is 1.74. The summed E-state index contributed by atoms with van der Waals surface area (Å²) in [5.74, 6) is -1.26. The average Bonchev–Trinajstić information content (AvgIpc) is 3.06. The third-order valence-corrected chi connectivity index (χ3v) is 5.10. The van der Waals surface area contributed by atoms with Crippen LogP contribution < -0.4 is 0 Å². The van der Waals surface area contributed by atoms with Crippen LogP contribution in [0, 0.1) is 11.2 Å². The number of carboxylic acids is 1. The lowest BCUT2D eigenvalue weighted by molar-refractivity contribution is -0.164. The summed E-state index contributed by atoms with van der Waals surface area (Å²) in [6.45, 7) is 3.41. The van der Waals surface area contributed by atoms with Crippen molar-refractivity contribution in [2.24, 2.45) is 5.41 Å². The molecule has 26 heavy (non-hydrogen) atoms. The Kier molecular flexibility index (Phi) is 5.38. The molecule has 1 aliphatic rings. The fourth-order valence-corrected chi connectivity index (χ4v) is 3.77. The van der Waals surface area contributed by atoms with Crippen LogP contribution in [-0.2, 0) is 11.3 Å². The summed E-state index contributed by atoms with van der Waals surface area (Å²) >= 11 is 0. The Labute approximate surface area is 151 Å². The number of halogens is 1. The van der Waals surface area contributed by atoms with Gasteiger partial charge in [-0.15, -0.1) is 0 Å². The maximum absolute atomic E-state index is 13.4. The number of nitrogens with zero attached hydrogens (tertiary/aromatic N) is 3. The highest BCUT2D eigenvalue weighted by Crippen LogP contribution is 2.36. The highest BCUT2D eigenvalue weighted by atomic mass is 19.1. The summed E-state index contributed by atoms with van der Waals surface area (Å²) < 4.78 is 15.0. The van der Waals surface area contributed by atoms with E-state index in [4.69, 9.17) is 0 Å². The van der Waals surface area contributed by atoms with Crippen molar-refractivity contribution in [2.75, 3.05) is 13.1 Å².